The number of anilines is 1. The number of ether oxygens (including phenoxy) is 1. The van der Waals surface area contributed by atoms with Crippen molar-refractivity contribution in [3.05, 3.63) is 42.2 Å². The minimum atomic E-state index is -3.10. The SMILES string of the molecule is Cc1nc(Oc2ccccc2)cc(N2CCN(S(=O)(=O)C3CC3)CC2)n1. The molecule has 1 aromatic heterocycles. The molecular formula is C18H22N4O3S. The second-order valence-corrected chi connectivity index (χ2v) is 8.87. The molecule has 0 radical (unpaired) electrons. The zero-order chi connectivity index (χ0) is 18.1. The Balaban J connectivity index is 1.46. The molecule has 0 amide bonds. The third-order valence-corrected chi connectivity index (χ3v) is 7.03. The van der Waals surface area contributed by atoms with Crippen LogP contribution < -0.4 is 9.64 Å². The summed E-state index contributed by atoms with van der Waals surface area (Å²) in [6, 6.07) is 11.3. The summed E-state index contributed by atoms with van der Waals surface area (Å²) in [6.45, 7) is 4.06. The highest BCUT2D eigenvalue weighted by molar-refractivity contribution is 7.90. The topological polar surface area (TPSA) is 75.6 Å². The summed E-state index contributed by atoms with van der Waals surface area (Å²) in [6.07, 6.45) is 1.60. The minimum absolute atomic E-state index is 0.152. The van der Waals surface area contributed by atoms with Gasteiger partial charge in [0.05, 0.1) is 5.25 Å². The van der Waals surface area contributed by atoms with Gasteiger partial charge < -0.3 is 9.64 Å². The predicted octanol–water partition coefficient (Wildman–Crippen LogP) is 2.19. The van der Waals surface area contributed by atoms with Crippen LogP contribution in [0.25, 0.3) is 0 Å². The van der Waals surface area contributed by atoms with Crippen LogP contribution >= 0.6 is 0 Å². The fourth-order valence-electron chi connectivity index (χ4n) is 3.10. The summed E-state index contributed by atoms with van der Waals surface area (Å²) < 4.78 is 32.2. The average molecular weight is 374 g/mol. The Kier molecular flexibility index (Phi) is 4.54. The third kappa shape index (κ3) is 3.66. The van der Waals surface area contributed by atoms with Gasteiger partial charge in [0.15, 0.2) is 0 Å². The van der Waals surface area contributed by atoms with Crippen LogP contribution in [0.3, 0.4) is 0 Å². The number of hydrogen-bond donors (Lipinski definition) is 0. The Labute approximate surface area is 153 Å². The molecule has 0 unspecified atom stereocenters. The van der Waals surface area contributed by atoms with Gasteiger partial charge >= 0.3 is 0 Å². The molecule has 2 heterocycles. The number of nitrogens with zero attached hydrogens (tertiary/aromatic N) is 4. The molecule has 26 heavy (non-hydrogen) atoms. The van der Waals surface area contributed by atoms with Crippen molar-refractivity contribution in [2.45, 2.75) is 25.0 Å². The normalized spacial score (nSPS) is 18.7. The monoisotopic (exact) mass is 374 g/mol. The molecule has 1 aromatic carbocycles. The molecule has 8 heteroatoms. The van der Waals surface area contributed by atoms with Crippen molar-refractivity contribution in [1.82, 2.24) is 14.3 Å². The molecule has 0 bridgehead atoms. The lowest BCUT2D eigenvalue weighted by molar-refractivity contribution is 0.382. The van der Waals surface area contributed by atoms with E-state index in [9.17, 15) is 8.42 Å². The lowest BCUT2D eigenvalue weighted by Crippen LogP contribution is -2.49. The fraction of sp³-hybridized carbons (Fsp3) is 0.444. The first-order chi connectivity index (χ1) is 12.5. The van der Waals surface area contributed by atoms with Crippen LogP contribution in [0.2, 0.25) is 0 Å². The van der Waals surface area contributed by atoms with Crippen molar-refractivity contribution in [1.29, 1.82) is 0 Å². The maximum atomic E-state index is 12.4. The molecule has 1 saturated carbocycles. The molecule has 7 nitrogen and oxygen atoms in total. The number of sulfonamides is 1. The van der Waals surface area contributed by atoms with Crippen LogP contribution in [0.15, 0.2) is 36.4 Å². The summed E-state index contributed by atoms with van der Waals surface area (Å²) in [4.78, 5) is 10.9. The lowest BCUT2D eigenvalue weighted by Gasteiger charge is -2.34. The summed E-state index contributed by atoms with van der Waals surface area (Å²) in [5.41, 5.74) is 0. The standard InChI is InChI=1S/C18H22N4O3S/c1-14-19-17(13-18(20-14)25-15-5-3-2-4-6-15)21-9-11-22(12-10-21)26(23,24)16-7-8-16/h2-6,13,16H,7-12H2,1H3. The van der Waals surface area contributed by atoms with Crippen LogP contribution in [0.5, 0.6) is 11.6 Å². The highest BCUT2D eigenvalue weighted by atomic mass is 32.2. The molecule has 1 aliphatic carbocycles. The van der Waals surface area contributed by atoms with Gasteiger partial charge in [-0.05, 0) is 31.9 Å². The van der Waals surface area contributed by atoms with E-state index >= 15 is 0 Å². The van der Waals surface area contributed by atoms with E-state index in [2.05, 4.69) is 14.9 Å². The molecule has 4 rings (SSSR count). The van der Waals surface area contributed by atoms with Crippen molar-refractivity contribution >= 4 is 15.8 Å². The van der Waals surface area contributed by atoms with E-state index in [0.717, 1.165) is 24.4 Å². The highest BCUT2D eigenvalue weighted by Crippen LogP contribution is 2.32. The zero-order valence-electron chi connectivity index (χ0n) is 14.7. The van der Waals surface area contributed by atoms with Gasteiger partial charge in [-0.1, -0.05) is 18.2 Å². The molecule has 0 N–H and O–H groups in total. The Morgan fingerprint density at radius 3 is 2.38 bits per heavy atom. The van der Waals surface area contributed by atoms with Gasteiger partial charge in [-0.25, -0.2) is 13.4 Å². The quantitative estimate of drug-likeness (QED) is 0.799. The molecule has 1 saturated heterocycles. The Bertz CT molecular complexity index is 877. The number of piperazine rings is 1. The second kappa shape index (κ2) is 6.85. The lowest BCUT2D eigenvalue weighted by atomic mass is 10.3. The smallest absolute Gasteiger partial charge is 0.224 e. The van der Waals surface area contributed by atoms with Gasteiger partial charge in [0, 0.05) is 32.2 Å². The number of hydrogen-bond acceptors (Lipinski definition) is 6. The summed E-state index contributed by atoms with van der Waals surface area (Å²) >= 11 is 0. The van der Waals surface area contributed by atoms with Gasteiger partial charge in [0.25, 0.3) is 0 Å². The number of para-hydroxylation sites is 1. The zero-order valence-corrected chi connectivity index (χ0v) is 15.5. The summed E-state index contributed by atoms with van der Waals surface area (Å²) in [7, 11) is -3.10. The van der Waals surface area contributed by atoms with Crippen molar-refractivity contribution in [2.24, 2.45) is 0 Å². The van der Waals surface area contributed by atoms with Gasteiger partial charge in [-0.15, -0.1) is 0 Å². The van der Waals surface area contributed by atoms with E-state index in [4.69, 9.17) is 4.74 Å². The molecule has 0 spiro atoms. The van der Waals surface area contributed by atoms with E-state index in [0.29, 0.717) is 37.9 Å². The molecule has 2 aromatic rings. The van der Waals surface area contributed by atoms with Gasteiger partial charge in [0.1, 0.15) is 17.4 Å². The Morgan fingerprint density at radius 1 is 1.04 bits per heavy atom. The number of aromatic nitrogens is 2. The van der Waals surface area contributed by atoms with Crippen molar-refractivity contribution in [3.8, 4) is 11.6 Å². The first-order valence-electron chi connectivity index (χ1n) is 8.85. The second-order valence-electron chi connectivity index (χ2n) is 6.66. The van der Waals surface area contributed by atoms with Gasteiger partial charge in [0.2, 0.25) is 15.9 Å². The third-order valence-electron chi connectivity index (χ3n) is 4.63. The van der Waals surface area contributed by atoms with Crippen molar-refractivity contribution < 1.29 is 13.2 Å². The molecule has 1 aliphatic heterocycles. The van der Waals surface area contributed by atoms with E-state index in [1.54, 1.807) is 4.31 Å². The van der Waals surface area contributed by atoms with E-state index in [1.165, 1.54) is 0 Å². The average Bonchev–Trinajstić information content (AvgIpc) is 3.48. The number of benzene rings is 1. The minimum Gasteiger partial charge on any atom is -0.439 e. The Hall–Kier alpha value is -2.19. The van der Waals surface area contributed by atoms with E-state index in [-0.39, 0.29) is 5.25 Å². The molecule has 0 atom stereocenters. The largest absolute Gasteiger partial charge is 0.439 e. The number of rotatable bonds is 5. The fourth-order valence-corrected chi connectivity index (χ4v) is 4.92. The molecule has 138 valence electrons. The maximum absolute atomic E-state index is 12.4. The van der Waals surface area contributed by atoms with Crippen molar-refractivity contribution in [2.75, 3.05) is 31.1 Å². The Morgan fingerprint density at radius 2 is 1.73 bits per heavy atom. The molecule has 2 fully saturated rings. The highest BCUT2D eigenvalue weighted by Gasteiger charge is 2.41. The first kappa shape index (κ1) is 17.2. The van der Waals surface area contributed by atoms with E-state index < -0.39 is 10.0 Å². The molecule has 2 aliphatic rings. The van der Waals surface area contributed by atoms with Crippen LogP contribution in [0, 0.1) is 6.92 Å². The first-order valence-corrected chi connectivity index (χ1v) is 10.4. The van der Waals surface area contributed by atoms with Crippen LogP contribution in [0.1, 0.15) is 18.7 Å². The van der Waals surface area contributed by atoms with Crippen LogP contribution in [-0.4, -0.2) is 54.1 Å². The number of aryl methyl sites for hydroxylation is 1. The van der Waals surface area contributed by atoms with Crippen molar-refractivity contribution in [3.63, 3.8) is 0 Å². The van der Waals surface area contributed by atoms with E-state index in [1.807, 2.05) is 43.3 Å². The van der Waals surface area contributed by atoms with Gasteiger partial charge in [-0.3, -0.25) is 0 Å². The van der Waals surface area contributed by atoms with Crippen LogP contribution in [0.4, 0.5) is 5.82 Å². The summed E-state index contributed by atoms with van der Waals surface area (Å²) in [5, 5.41) is -0.152. The maximum Gasteiger partial charge on any atom is 0.224 e. The predicted molar refractivity (Wildman–Crippen MR) is 99.0 cm³/mol. The van der Waals surface area contributed by atoms with Crippen LogP contribution in [-0.2, 0) is 10.0 Å². The molecular weight excluding hydrogens is 352 g/mol. The summed E-state index contributed by atoms with van der Waals surface area (Å²) in [5.74, 6) is 2.61. The van der Waals surface area contributed by atoms with Gasteiger partial charge in [-0.2, -0.15) is 9.29 Å².